The van der Waals surface area contributed by atoms with E-state index in [0.29, 0.717) is 12.2 Å². The van der Waals surface area contributed by atoms with Crippen LogP contribution in [0.2, 0.25) is 5.02 Å². The number of aliphatic hydroxyl groups is 1. The molecule has 2 aromatic carbocycles. The van der Waals surface area contributed by atoms with E-state index < -0.39 is 35.7 Å². The number of nitrogens with zero attached hydrogens (tertiary/aromatic N) is 1. The van der Waals surface area contributed by atoms with Crippen LogP contribution in [0.15, 0.2) is 53.3 Å². The first-order chi connectivity index (χ1) is 16.2. The van der Waals surface area contributed by atoms with Gasteiger partial charge in [-0.25, -0.2) is 8.78 Å². The van der Waals surface area contributed by atoms with Crippen molar-refractivity contribution >= 4 is 29.9 Å². The summed E-state index contributed by atoms with van der Waals surface area (Å²) in [4.78, 5) is 24.0. The fraction of sp³-hybridized carbons (Fsp3) is 0.250. The summed E-state index contributed by atoms with van der Waals surface area (Å²) in [6.45, 7) is 1.71. The average Bonchev–Trinajstić information content (AvgIpc) is 2.80. The van der Waals surface area contributed by atoms with Crippen molar-refractivity contribution in [3.8, 4) is 5.75 Å². The van der Waals surface area contributed by atoms with E-state index in [0.717, 1.165) is 23.3 Å². The molecule has 1 heterocycles. The zero-order chi connectivity index (χ0) is 24.8. The number of nitrogens with one attached hydrogen (secondary N) is 1. The molecular formula is C24H25Cl2F2N3O4. The molecule has 3 aromatic rings. The molecule has 0 aliphatic heterocycles. The van der Waals surface area contributed by atoms with Crippen LogP contribution in [0.4, 0.5) is 8.78 Å². The summed E-state index contributed by atoms with van der Waals surface area (Å²) in [6, 6.07) is 11.2. The second-order valence-corrected chi connectivity index (χ2v) is 8.09. The molecule has 4 N–H and O–H groups in total. The number of hydrogen-bond acceptors (Lipinski definition) is 5. The van der Waals surface area contributed by atoms with Crippen molar-refractivity contribution in [3.05, 3.63) is 97.9 Å². The van der Waals surface area contributed by atoms with E-state index in [2.05, 4.69) is 5.32 Å². The van der Waals surface area contributed by atoms with Gasteiger partial charge in [-0.2, -0.15) is 0 Å². The number of aryl methyl sites for hydroxylation is 1. The van der Waals surface area contributed by atoms with Gasteiger partial charge in [0.2, 0.25) is 5.91 Å². The van der Waals surface area contributed by atoms with Crippen LogP contribution in [0.1, 0.15) is 22.4 Å². The monoisotopic (exact) mass is 527 g/mol. The summed E-state index contributed by atoms with van der Waals surface area (Å²) in [5.74, 6) is -1.97. The van der Waals surface area contributed by atoms with Crippen LogP contribution in [-0.2, 0) is 24.5 Å². The predicted molar refractivity (Wildman–Crippen MR) is 131 cm³/mol. The molecule has 0 saturated heterocycles. The van der Waals surface area contributed by atoms with Gasteiger partial charge in [0, 0.05) is 29.9 Å². The highest BCUT2D eigenvalue weighted by atomic mass is 35.5. The van der Waals surface area contributed by atoms with Crippen molar-refractivity contribution in [2.45, 2.75) is 32.7 Å². The summed E-state index contributed by atoms with van der Waals surface area (Å²) >= 11 is 6.22. The molecule has 11 heteroatoms. The Labute approximate surface area is 211 Å². The quantitative estimate of drug-likeness (QED) is 0.375. The van der Waals surface area contributed by atoms with E-state index in [1.54, 1.807) is 13.0 Å². The van der Waals surface area contributed by atoms with Crippen LogP contribution in [0.3, 0.4) is 0 Å². The van der Waals surface area contributed by atoms with Crippen LogP contribution >= 0.6 is 24.0 Å². The Hall–Kier alpha value is -2.98. The van der Waals surface area contributed by atoms with Crippen LogP contribution in [0, 0.1) is 18.6 Å². The normalized spacial score (nSPS) is 11.6. The molecule has 0 aliphatic rings. The van der Waals surface area contributed by atoms with Crippen molar-refractivity contribution < 1.29 is 23.4 Å². The van der Waals surface area contributed by atoms with E-state index in [1.165, 1.54) is 10.6 Å². The number of carbonyl (C=O) groups excluding carboxylic acids is 1. The summed E-state index contributed by atoms with van der Waals surface area (Å²) in [6.07, 6.45) is 0. The van der Waals surface area contributed by atoms with Gasteiger partial charge < -0.3 is 20.1 Å². The van der Waals surface area contributed by atoms with Gasteiger partial charge in [0.25, 0.3) is 5.56 Å². The molecule has 0 unspecified atom stereocenters. The minimum absolute atomic E-state index is 0. The number of ether oxygens (including phenoxy) is 1. The molecule has 0 radical (unpaired) electrons. The highest BCUT2D eigenvalue weighted by molar-refractivity contribution is 6.31. The first-order valence-corrected chi connectivity index (χ1v) is 10.8. The third-order valence-electron chi connectivity index (χ3n) is 5.26. The van der Waals surface area contributed by atoms with Crippen LogP contribution in [0.25, 0.3) is 0 Å². The average molecular weight is 528 g/mol. The zero-order valence-corrected chi connectivity index (χ0v) is 20.3. The highest BCUT2D eigenvalue weighted by Gasteiger charge is 2.15. The number of carbonyl (C=O) groups is 1. The van der Waals surface area contributed by atoms with Crippen molar-refractivity contribution in [3.63, 3.8) is 0 Å². The number of hydrogen-bond donors (Lipinski definition) is 3. The topological polar surface area (TPSA) is 107 Å². The molecule has 188 valence electrons. The molecule has 0 bridgehead atoms. The van der Waals surface area contributed by atoms with Gasteiger partial charge in [0.05, 0.1) is 13.2 Å². The number of benzene rings is 2. The van der Waals surface area contributed by atoms with Crippen LogP contribution in [0.5, 0.6) is 5.75 Å². The molecule has 0 fully saturated rings. The van der Waals surface area contributed by atoms with Crippen molar-refractivity contribution in [2.24, 2.45) is 5.73 Å². The van der Waals surface area contributed by atoms with Gasteiger partial charge in [0.15, 0.2) is 0 Å². The van der Waals surface area contributed by atoms with Crippen LogP contribution in [-0.4, -0.2) is 28.2 Å². The van der Waals surface area contributed by atoms with Crippen LogP contribution < -0.4 is 21.3 Å². The largest absolute Gasteiger partial charge is 0.487 e. The molecule has 1 atom stereocenters. The Morgan fingerprint density at radius 1 is 1.17 bits per heavy atom. The second-order valence-electron chi connectivity index (χ2n) is 7.71. The number of rotatable bonds is 10. The van der Waals surface area contributed by atoms with E-state index >= 15 is 0 Å². The van der Waals surface area contributed by atoms with Gasteiger partial charge in [-0.05, 0) is 30.2 Å². The third-order valence-corrected chi connectivity index (χ3v) is 5.60. The van der Waals surface area contributed by atoms with Gasteiger partial charge in [-0.15, -0.1) is 12.4 Å². The molecule has 1 aromatic heterocycles. The maximum atomic E-state index is 13.8. The Bertz CT molecular complexity index is 1240. The van der Waals surface area contributed by atoms with E-state index in [9.17, 15) is 18.4 Å². The molecule has 3 rings (SSSR count). The molecule has 0 spiro atoms. The van der Waals surface area contributed by atoms with E-state index in [-0.39, 0.29) is 41.9 Å². The number of aromatic nitrogens is 1. The lowest BCUT2D eigenvalue weighted by atomic mass is 10.1. The second kappa shape index (κ2) is 12.6. The Balaban J connectivity index is 0.00000432. The minimum atomic E-state index is -0.830. The number of primary amides is 1. The molecule has 0 saturated carbocycles. The maximum Gasteiger partial charge on any atom is 0.273 e. The van der Waals surface area contributed by atoms with Crippen molar-refractivity contribution in [2.75, 3.05) is 6.61 Å². The summed E-state index contributed by atoms with van der Waals surface area (Å²) in [5, 5.41) is 11.9. The van der Waals surface area contributed by atoms with Crippen molar-refractivity contribution in [1.82, 2.24) is 9.88 Å². The first-order valence-electron chi connectivity index (χ1n) is 10.4. The first kappa shape index (κ1) is 28.3. The summed E-state index contributed by atoms with van der Waals surface area (Å²) in [7, 11) is 0. The lowest BCUT2D eigenvalue weighted by molar-refractivity contribution is -0.120. The fourth-order valence-corrected chi connectivity index (χ4v) is 3.46. The SMILES string of the molecule is Cc1cc(OCc2ccc(F)cc2F)c(Cl)c(=O)n1Cc1ccc(CN[C@@H](CO)C(N)=O)cc1.Cl. The molecule has 0 aliphatic carbocycles. The smallest absolute Gasteiger partial charge is 0.273 e. The van der Waals surface area contributed by atoms with Gasteiger partial charge in [0.1, 0.15) is 35.1 Å². The molecule has 7 nitrogen and oxygen atoms in total. The predicted octanol–water partition coefficient (Wildman–Crippen LogP) is 3.07. The zero-order valence-electron chi connectivity index (χ0n) is 18.8. The highest BCUT2D eigenvalue weighted by Crippen LogP contribution is 2.24. The Morgan fingerprint density at radius 2 is 1.83 bits per heavy atom. The standard InChI is InChI=1S/C24H24ClF2N3O4.ClH/c1-14-8-21(34-13-17-6-7-18(26)9-19(17)27)22(25)24(33)30(14)11-16-4-2-15(3-5-16)10-29-20(12-31)23(28)32;/h2-9,20,29,31H,10-13H2,1H3,(H2,28,32);1H/t20-;/m0./s1. The third kappa shape index (κ3) is 7.25. The number of nitrogens with two attached hydrogens (primary N) is 1. The number of amides is 1. The lowest BCUT2D eigenvalue weighted by Crippen LogP contribution is -2.43. The maximum absolute atomic E-state index is 13.8. The molecular weight excluding hydrogens is 503 g/mol. The van der Waals surface area contributed by atoms with Gasteiger partial charge in [-0.1, -0.05) is 35.9 Å². The van der Waals surface area contributed by atoms with E-state index in [4.69, 9.17) is 27.2 Å². The van der Waals surface area contributed by atoms with Gasteiger partial charge >= 0.3 is 0 Å². The lowest BCUT2D eigenvalue weighted by Gasteiger charge is -2.15. The molecule has 35 heavy (non-hydrogen) atoms. The Kier molecular flexibility index (Phi) is 10.2. The Morgan fingerprint density at radius 3 is 2.43 bits per heavy atom. The summed E-state index contributed by atoms with van der Waals surface area (Å²) < 4.78 is 33.9. The molecule has 1 amide bonds. The number of pyridine rings is 1. The van der Waals surface area contributed by atoms with E-state index in [1.807, 2.05) is 24.3 Å². The minimum Gasteiger partial charge on any atom is -0.487 e. The van der Waals surface area contributed by atoms with Gasteiger partial charge in [-0.3, -0.25) is 14.9 Å². The fourth-order valence-electron chi connectivity index (χ4n) is 3.25. The number of aliphatic hydroxyl groups excluding tert-OH is 1. The summed E-state index contributed by atoms with van der Waals surface area (Å²) in [5.41, 5.74) is 7.14. The van der Waals surface area contributed by atoms with Crippen molar-refractivity contribution in [1.29, 1.82) is 0 Å². The number of halogens is 4.